The highest BCUT2D eigenvalue weighted by molar-refractivity contribution is 7.52. The van der Waals surface area contributed by atoms with Crippen molar-refractivity contribution in [1.29, 1.82) is 0 Å². The van der Waals surface area contributed by atoms with Crippen molar-refractivity contribution in [2.24, 2.45) is 10.5 Å². The molecule has 1 unspecified atom stereocenters. The third-order valence-electron chi connectivity index (χ3n) is 6.77. The van der Waals surface area contributed by atoms with E-state index >= 15 is 0 Å². The van der Waals surface area contributed by atoms with Gasteiger partial charge in [-0.1, -0.05) is 74.0 Å². The molecule has 0 heterocycles. The van der Waals surface area contributed by atoms with Gasteiger partial charge in [-0.2, -0.15) is 0 Å². The second-order valence-electron chi connectivity index (χ2n) is 10.6. The molecule has 0 fully saturated rings. The molecule has 0 radical (unpaired) electrons. The van der Waals surface area contributed by atoms with E-state index in [0.29, 0.717) is 19.3 Å². The Balaban J connectivity index is 1.78. The first-order chi connectivity index (χ1) is 23.1. The Morgan fingerprint density at radius 3 is 1.56 bits per heavy atom. The van der Waals surface area contributed by atoms with Crippen molar-refractivity contribution in [3.63, 3.8) is 0 Å². The number of benzene rings is 2. The lowest BCUT2D eigenvalue weighted by molar-refractivity contribution is -0.141. The molecule has 0 aliphatic carbocycles. The molecule has 15 heteroatoms. The van der Waals surface area contributed by atoms with E-state index in [1.807, 2.05) is 67.6 Å². The van der Waals surface area contributed by atoms with Crippen LogP contribution in [-0.4, -0.2) is 87.0 Å². The number of likely N-dealkylation sites (N-methyl/N-ethyl adjacent to an activating group) is 1. The Morgan fingerprint density at radius 2 is 1.17 bits per heavy atom. The minimum absolute atomic E-state index is 0.0878. The average Bonchev–Trinajstić information content (AvgIpc) is 3.07. The van der Waals surface area contributed by atoms with Crippen LogP contribution < -0.4 is 5.73 Å². The van der Waals surface area contributed by atoms with E-state index < -0.39 is 32.1 Å². The molecule has 48 heavy (non-hydrogen) atoms. The van der Waals surface area contributed by atoms with Crippen LogP contribution in [-0.2, 0) is 50.2 Å². The minimum Gasteiger partial charge on any atom is -0.480 e. The van der Waals surface area contributed by atoms with Crippen LogP contribution in [0.3, 0.4) is 0 Å². The van der Waals surface area contributed by atoms with Gasteiger partial charge < -0.3 is 34.7 Å². The molecule has 0 aromatic heterocycles. The molecule has 2 aromatic carbocycles. The summed E-state index contributed by atoms with van der Waals surface area (Å²) in [6.45, 7) is 1.65. The van der Waals surface area contributed by atoms with E-state index in [2.05, 4.69) is 4.76 Å². The van der Waals surface area contributed by atoms with Gasteiger partial charge in [0.05, 0.1) is 39.6 Å². The lowest BCUT2D eigenvalue weighted by Gasteiger charge is -2.26. The van der Waals surface area contributed by atoms with Gasteiger partial charge in [0.15, 0.2) is 0 Å². The highest BCUT2D eigenvalue weighted by atomic mass is 31.2. The Labute approximate surface area is 282 Å². The fourth-order valence-electron chi connectivity index (χ4n) is 4.23. The normalized spacial score (nSPS) is 12.2. The summed E-state index contributed by atoms with van der Waals surface area (Å²) in [6, 6.07) is 18.6. The van der Waals surface area contributed by atoms with E-state index in [4.69, 9.17) is 33.7 Å². The Hall–Kier alpha value is -4.13. The van der Waals surface area contributed by atoms with Crippen LogP contribution in [0, 0.1) is 0 Å². The van der Waals surface area contributed by atoms with Crippen LogP contribution in [0.2, 0.25) is 0 Å². The summed E-state index contributed by atoms with van der Waals surface area (Å²) in [5.41, 5.74) is 8.28. The van der Waals surface area contributed by atoms with E-state index in [0.717, 1.165) is 24.0 Å². The van der Waals surface area contributed by atoms with Gasteiger partial charge in [0.1, 0.15) is 6.04 Å². The van der Waals surface area contributed by atoms with Crippen LogP contribution in [0.15, 0.2) is 65.4 Å². The molecule has 0 amide bonds. The van der Waals surface area contributed by atoms with Crippen molar-refractivity contribution in [3.8, 4) is 0 Å². The molecule has 14 nitrogen and oxygen atoms in total. The van der Waals surface area contributed by atoms with Crippen LogP contribution in [0.5, 0.6) is 0 Å². The van der Waals surface area contributed by atoms with Gasteiger partial charge in [0.25, 0.3) is 0 Å². The smallest absolute Gasteiger partial charge is 0.480 e. The molecule has 0 saturated carbocycles. The molecule has 0 saturated heterocycles. The third-order valence-corrected chi connectivity index (χ3v) is 8.24. The molecule has 2 rings (SSSR count). The summed E-state index contributed by atoms with van der Waals surface area (Å²) in [5.74, 6) is -1.48. The molecular weight excluding hydrogens is 645 g/mol. The number of guanidine groups is 1. The second kappa shape index (κ2) is 23.2. The predicted molar refractivity (Wildman–Crippen MR) is 179 cm³/mol. The number of nitrogens with two attached hydrogens (primary N) is 1. The highest BCUT2D eigenvalue weighted by Gasteiger charge is 2.29. The number of carbonyl (C=O) groups is 3. The topological polar surface area (TPSA) is 186 Å². The molecule has 266 valence electrons. The Kier molecular flexibility index (Phi) is 19.4. The third kappa shape index (κ3) is 17.1. The van der Waals surface area contributed by atoms with Crippen LogP contribution in [0.1, 0.15) is 56.6 Å². The van der Waals surface area contributed by atoms with Gasteiger partial charge in [0.2, 0.25) is 5.96 Å². The molecule has 0 aliphatic rings. The monoisotopic (exact) mass is 693 g/mol. The number of rotatable bonds is 23. The minimum atomic E-state index is -4.26. The molecule has 2 aromatic rings. The zero-order chi connectivity index (χ0) is 35.0. The maximum absolute atomic E-state index is 13.5. The van der Waals surface area contributed by atoms with Gasteiger partial charge >= 0.3 is 26.0 Å². The van der Waals surface area contributed by atoms with Gasteiger partial charge in [-0.25, -0.2) is 18.9 Å². The molecule has 3 N–H and O–H groups in total. The lowest BCUT2D eigenvalue weighted by atomic mass is 10.1. The summed E-state index contributed by atoms with van der Waals surface area (Å²) in [7, 11) is -2.85. The fourth-order valence-corrected chi connectivity index (χ4v) is 5.53. The Bertz CT molecular complexity index is 1220. The number of aliphatic carboxylic acids is 1. The number of nitrogens with zero attached hydrogens (tertiary/aromatic N) is 2. The van der Waals surface area contributed by atoms with Crippen LogP contribution >= 0.6 is 7.75 Å². The number of carbonyl (C=O) groups excluding carboxylic acids is 2. The highest BCUT2D eigenvalue weighted by Crippen LogP contribution is 2.50. The summed E-state index contributed by atoms with van der Waals surface area (Å²) >= 11 is 0. The number of carboxylic acid groups (broad SMARTS) is 1. The Morgan fingerprint density at radius 1 is 0.750 bits per heavy atom. The van der Waals surface area contributed by atoms with Gasteiger partial charge in [-0.3, -0.25) is 9.05 Å². The zero-order valence-corrected chi connectivity index (χ0v) is 28.6. The van der Waals surface area contributed by atoms with Crippen molar-refractivity contribution >= 4 is 32.0 Å². The predicted octanol–water partition coefficient (Wildman–Crippen LogP) is 5.98. The largest absolute Gasteiger partial charge is 0.508 e. The SMILES string of the molecule is CCCC(C(=O)O)N(C)C(N)=NP(=O)(OCCCOC(=O)OCCCc1ccccc1)OCCCOC(=O)OCCCc1ccccc1. The number of aryl methyl sites for hydroxylation is 2. The number of carboxylic acids is 1. The quantitative estimate of drug-likeness (QED) is 0.0456. The summed E-state index contributed by atoms with van der Waals surface area (Å²) in [4.78, 5) is 36.7. The molecular formula is C33H48N3O11P. The van der Waals surface area contributed by atoms with Crippen LogP contribution in [0.25, 0.3) is 0 Å². The number of hydrogen-bond donors (Lipinski definition) is 2. The van der Waals surface area contributed by atoms with Gasteiger partial charge in [-0.15, -0.1) is 4.76 Å². The van der Waals surface area contributed by atoms with E-state index in [1.54, 1.807) is 0 Å². The summed E-state index contributed by atoms with van der Waals surface area (Å²) in [5, 5.41) is 9.57. The summed E-state index contributed by atoms with van der Waals surface area (Å²) < 4.78 is 48.5. The molecule has 0 spiro atoms. The second-order valence-corrected chi connectivity index (χ2v) is 12.3. The van der Waals surface area contributed by atoms with Crippen molar-refractivity contribution in [3.05, 3.63) is 71.8 Å². The van der Waals surface area contributed by atoms with Crippen molar-refractivity contribution < 1.29 is 52.1 Å². The molecule has 1 atom stereocenters. The van der Waals surface area contributed by atoms with Crippen molar-refractivity contribution in [2.75, 3.05) is 46.7 Å². The number of hydrogen-bond acceptors (Lipinski definition) is 10. The first kappa shape index (κ1) is 40.0. The lowest BCUT2D eigenvalue weighted by Crippen LogP contribution is -2.46. The zero-order valence-electron chi connectivity index (χ0n) is 27.7. The van der Waals surface area contributed by atoms with Gasteiger partial charge in [0, 0.05) is 19.9 Å². The fraction of sp³-hybridized carbons (Fsp3) is 0.515. The van der Waals surface area contributed by atoms with E-state index in [-0.39, 0.29) is 64.9 Å². The van der Waals surface area contributed by atoms with Crippen LogP contribution in [0.4, 0.5) is 9.59 Å². The first-order valence-electron chi connectivity index (χ1n) is 16.0. The average molecular weight is 694 g/mol. The van der Waals surface area contributed by atoms with Gasteiger partial charge in [-0.05, 0) is 43.2 Å². The van der Waals surface area contributed by atoms with E-state index in [9.17, 15) is 24.1 Å². The maximum atomic E-state index is 13.5. The molecule has 0 bridgehead atoms. The molecule has 0 aliphatic heterocycles. The maximum Gasteiger partial charge on any atom is 0.508 e. The standard InChI is InChI=1S/C33H48N3O11P/c1-3-14-29(30(37)38)36(2)31(34)35-48(41,46-25-12-23-44-32(39)42-21-10-19-27-15-6-4-7-16-27)47-26-13-24-45-33(40)43-22-11-20-28-17-8-5-9-18-28/h4-9,15-18,29H,3,10-14,19-26H2,1-2H3,(H,37,38)(H2,34,35,41). The van der Waals surface area contributed by atoms with E-state index in [1.165, 1.54) is 11.9 Å². The first-order valence-corrected chi connectivity index (χ1v) is 17.5. The van der Waals surface area contributed by atoms with Crippen molar-refractivity contribution in [2.45, 2.75) is 64.3 Å². The number of ether oxygens (including phenoxy) is 4. The van der Waals surface area contributed by atoms with Crippen molar-refractivity contribution in [1.82, 2.24) is 4.90 Å². The summed E-state index contributed by atoms with van der Waals surface area (Å²) in [6.07, 6.45) is 2.21.